The van der Waals surface area contributed by atoms with Gasteiger partial charge in [0.2, 0.25) is 5.88 Å². The topological polar surface area (TPSA) is 80.3 Å². The van der Waals surface area contributed by atoms with E-state index in [0.29, 0.717) is 18.1 Å². The SMILES string of the molecule is COc1ccc(NC(=O)C(=O)NCC2(c3ccccc3C)CC2)cn1. The molecule has 2 N–H and O–H groups in total. The second kappa shape index (κ2) is 6.93. The molecule has 1 fully saturated rings. The normalized spacial score (nSPS) is 14.5. The molecule has 0 saturated heterocycles. The molecule has 25 heavy (non-hydrogen) atoms. The number of benzene rings is 1. The highest BCUT2D eigenvalue weighted by molar-refractivity contribution is 6.39. The molecule has 1 aromatic carbocycles. The molecule has 2 aromatic rings. The predicted octanol–water partition coefficient (Wildman–Crippen LogP) is 2.19. The Bertz CT molecular complexity index is 783. The summed E-state index contributed by atoms with van der Waals surface area (Å²) < 4.78 is 4.95. The lowest BCUT2D eigenvalue weighted by atomic mass is 9.92. The number of carbonyl (C=O) groups excluding carboxylic acids is 2. The van der Waals surface area contributed by atoms with E-state index in [1.165, 1.54) is 24.4 Å². The van der Waals surface area contributed by atoms with E-state index in [1.807, 2.05) is 12.1 Å². The van der Waals surface area contributed by atoms with E-state index < -0.39 is 11.8 Å². The first kappa shape index (κ1) is 17.0. The Balaban J connectivity index is 1.57. The zero-order valence-corrected chi connectivity index (χ0v) is 14.3. The van der Waals surface area contributed by atoms with E-state index in [0.717, 1.165) is 12.8 Å². The number of pyridine rings is 1. The molecule has 130 valence electrons. The van der Waals surface area contributed by atoms with Crippen LogP contribution < -0.4 is 15.4 Å². The smallest absolute Gasteiger partial charge is 0.313 e. The van der Waals surface area contributed by atoms with Gasteiger partial charge >= 0.3 is 11.8 Å². The van der Waals surface area contributed by atoms with Crippen LogP contribution in [0.4, 0.5) is 5.69 Å². The van der Waals surface area contributed by atoms with Crippen molar-refractivity contribution in [1.82, 2.24) is 10.3 Å². The number of carbonyl (C=O) groups is 2. The van der Waals surface area contributed by atoms with E-state index in [1.54, 1.807) is 12.1 Å². The van der Waals surface area contributed by atoms with Crippen LogP contribution in [0.25, 0.3) is 0 Å². The largest absolute Gasteiger partial charge is 0.481 e. The first-order valence-corrected chi connectivity index (χ1v) is 8.19. The van der Waals surface area contributed by atoms with Crippen molar-refractivity contribution in [3.8, 4) is 5.88 Å². The number of rotatable bonds is 5. The summed E-state index contributed by atoms with van der Waals surface area (Å²) in [6.07, 6.45) is 3.48. The van der Waals surface area contributed by atoms with Gasteiger partial charge in [0.15, 0.2) is 0 Å². The molecule has 6 heteroatoms. The van der Waals surface area contributed by atoms with Crippen molar-refractivity contribution in [2.75, 3.05) is 19.0 Å². The lowest BCUT2D eigenvalue weighted by Crippen LogP contribution is -2.39. The highest BCUT2D eigenvalue weighted by atomic mass is 16.5. The van der Waals surface area contributed by atoms with Gasteiger partial charge in [0.25, 0.3) is 0 Å². The van der Waals surface area contributed by atoms with E-state index in [-0.39, 0.29) is 5.41 Å². The van der Waals surface area contributed by atoms with Crippen molar-refractivity contribution < 1.29 is 14.3 Å². The lowest BCUT2D eigenvalue weighted by Gasteiger charge is -2.18. The number of hydrogen-bond acceptors (Lipinski definition) is 4. The van der Waals surface area contributed by atoms with Crippen molar-refractivity contribution in [2.24, 2.45) is 0 Å². The molecule has 0 spiro atoms. The number of nitrogens with one attached hydrogen (secondary N) is 2. The van der Waals surface area contributed by atoms with Gasteiger partial charge in [-0.05, 0) is 37.0 Å². The van der Waals surface area contributed by atoms with Crippen LogP contribution in [0.2, 0.25) is 0 Å². The van der Waals surface area contributed by atoms with Crippen LogP contribution in [0.15, 0.2) is 42.6 Å². The van der Waals surface area contributed by atoms with Crippen LogP contribution in [0.3, 0.4) is 0 Å². The molecule has 1 saturated carbocycles. The monoisotopic (exact) mass is 339 g/mol. The van der Waals surface area contributed by atoms with Gasteiger partial charge in [0.1, 0.15) is 0 Å². The van der Waals surface area contributed by atoms with E-state index >= 15 is 0 Å². The summed E-state index contributed by atoms with van der Waals surface area (Å²) in [5, 5.41) is 5.29. The third-order valence-electron chi connectivity index (χ3n) is 4.57. The Morgan fingerprint density at radius 3 is 2.52 bits per heavy atom. The van der Waals surface area contributed by atoms with E-state index in [9.17, 15) is 9.59 Å². The summed E-state index contributed by atoms with van der Waals surface area (Å²) in [6.45, 7) is 2.53. The van der Waals surface area contributed by atoms with Crippen LogP contribution in [0.1, 0.15) is 24.0 Å². The Morgan fingerprint density at radius 2 is 1.92 bits per heavy atom. The average molecular weight is 339 g/mol. The molecule has 2 amide bonds. The van der Waals surface area contributed by atoms with Crippen LogP contribution in [-0.4, -0.2) is 30.5 Å². The Hall–Kier alpha value is -2.89. The van der Waals surface area contributed by atoms with Crippen molar-refractivity contribution in [1.29, 1.82) is 0 Å². The molecule has 0 aliphatic heterocycles. The molecule has 3 rings (SSSR count). The highest BCUT2D eigenvalue weighted by Gasteiger charge is 2.45. The van der Waals surface area contributed by atoms with E-state index in [2.05, 4.69) is 34.7 Å². The summed E-state index contributed by atoms with van der Waals surface area (Å²) in [5.41, 5.74) is 2.86. The lowest BCUT2D eigenvalue weighted by molar-refractivity contribution is -0.136. The molecule has 1 aromatic heterocycles. The van der Waals surface area contributed by atoms with Crippen molar-refractivity contribution in [3.05, 3.63) is 53.7 Å². The maximum atomic E-state index is 12.1. The summed E-state index contributed by atoms with van der Waals surface area (Å²) in [4.78, 5) is 28.1. The number of methoxy groups -OCH3 is 1. The minimum Gasteiger partial charge on any atom is -0.481 e. The molecule has 0 bridgehead atoms. The minimum absolute atomic E-state index is 0.0387. The number of amides is 2. The fraction of sp³-hybridized carbons (Fsp3) is 0.316. The third kappa shape index (κ3) is 3.79. The Labute approximate surface area is 146 Å². The van der Waals surface area contributed by atoms with Crippen LogP contribution in [0, 0.1) is 6.92 Å². The molecular formula is C19H21N3O3. The molecule has 0 unspecified atom stereocenters. The minimum atomic E-state index is -0.701. The Morgan fingerprint density at radius 1 is 1.16 bits per heavy atom. The second-order valence-electron chi connectivity index (χ2n) is 6.32. The molecule has 0 atom stereocenters. The quantitative estimate of drug-likeness (QED) is 0.818. The van der Waals surface area contributed by atoms with E-state index in [4.69, 9.17) is 4.74 Å². The van der Waals surface area contributed by atoms with Crippen molar-refractivity contribution >= 4 is 17.5 Å². The van der Waals surface area contributed by atoms with Crippen LogP contribution in [0.5, 0.6) is 5.88 Å². The van der Waals surface area contributed by atoms with Gasteiger partial charge < -0.3 is 15.4 Å². The standard InChI is InChI=1S/C19H21N3O3/c1-13-5-3-4-6-15(13)19(9-10-19)12-21-17(23)18(24)22-14-7-8-16(25-2)20-11-14/h3-8,11H,9-10,12H2,1-2H3,(H,21,23)(H,22,24). The summed E-state index contributed by atoms with van der Waals surface area (Å²) >= 11 is 0. The highest BCUT2D eigenvalue weighted by Crippen LogP contribution is 2.48. The first-order valence-electron chi connectivity index (χ1n) is 8.19. The fourth-order valence-corrected chi connectivity index (χ4v) is 2.95. The number of aryl methyl sites for hydroxylation is 1. The second-order valence-corrected chi connectivity index (χ2v) is 6.32. The third-order valence-corrected chi connectivity index (χ3v) is 4.57. The summed E-state index contributed by atoms with van der Waals surface area (Å²) in [6, 6.07) is 11.4. The maximum absolute atomic E-state index is 12.1. The van der Waals surface area contributed by atoms with Gasteiger partial charge in [-0.3, -0.25) is 9.59 Å². The maximum Gasteiger partial charge on any atom is 0.313 e. The van der Waals surface area contributed by atoms with Gasteiger partial charge in [-0.2, -0.15) is 0 Å². The predicted molar refractivity (Wildman–Crippen MR) is 94.5 cm³/mol. The van der Waals surface area contributed by atoms with Crippen molar-refractivity contribution in [2.45, 2.75) is 25.2 Å². The number of nitrogens with zero attached hydrogens (tertiary/aromatic N) is 1. The number of anilines is 1. The summed E-state index contributed by atoms with van der Waals surface area (Å²) in [7, 11) is 1.51. The number of aromatic nitrogens is 1. The van der Waals surface area contributed by atoms with Gasteiger partial charge in [-0.1, -0.05) is 24.3 Å². The van der Waals surface area contributed by atoms with Gasteiger partial charge in [0, 0.05) is 18.0 Å². The molecule has 1 aliphatic carbocycles. The van der Waals surface area contributed by atoms with Gasteiger partial charge in [-0.15, -0.1) is 0 Å². The van der Waals surface area contributed by atoms with Gasteiger partial charge in [0.05, 0.1) is 19.0 Å². The van der Waals surface area contributed by atoms with Crippen LogP contribution >= 0.6 is 0 Å². The molecule has 0 radical (unpaired) electrons. The molecule has 6 nitrogen and oxygen atoms in total. The molecule has 1 heterocycles. The molecule has 1 aliphatic rings. The fourth-order valence-electron chi connectivity index (χ4n) is 2.95. The average Bonchev–Trinajstić information content (AvgIpc) is 3.41. The van der Waals surface area contributed by atoms with Crippen LogP contribution in [-0.2, 0) is 15.0 Å². The summed E-state index contributed by atoms with van der Waals surface area (Å²) in [5.74, 6) is -0.903. The molecular weight excluding hydrogens is 318 g/mol. The zero-order valence-electron chi connectivity index (χ0n) is 14.3. The zero-order chi connectivity index (χ0) is 17.9. The number of ether oxygens (including phenoxy) is 1. The van der Waals surface area contributed by atoms with Gasteiger partial charge in [-0.25, -0.2) is 4.98 Å². The Kier molecular flexibility index (Phi) is 4.70. The first-order chi connectivity index (χ1) is 12.0. The van der Waals surface area contributed by atoms with Crippen molar-refractivity contribution in [3.63, 3.8) is 0 Å². The number of hydrogen-bond donors (Lipinski definition) is 2.